The monoisotopic (exact) mass is 348 g/mol. The predicted molar refractivity (Wildman–Crippen MR) is 95.9 cm³/mol. The van der Waals surface area contributed by atoms with Crippen molar-refractivity contribution in [1.29, 1.82) is 0 Å². The van der Waals surface area contributed by atoms with Crippen molar-refractivity contribution in [3.05, 3.63) is 58.0 Å². The summed E-state index contributed by atoms with van der Waals surface area (Å²) in [6, 6.07) is 10.3. The van der Waals surface area contributed by atoms with Crippen LogP contribution in [0.25, 0.3) is 0 Å². The fraction of sp³-hybridized carbons (Fsp3) is 0.294. The van der Waals surface area contributed by atoms with Crippen molar-refractivity contribution in [2.75, 3.05) is 20.1 Å². The summed E-state index contributed by atoms with van der Waals surface area (Å²) in [5.74, 6) is 0.312. The largest absolute Gasteiger partial charge is 0.356 e. The maximum Gasteiger partial charge on any atom is 0.261 e. The van der Waals surface area contributed by atoms with Crippen LogP contribution in [0.2, 0.25) is 0 Å². The van der Waals surface area contributed by atoms with Crippen LogP contribution >= 0.6 is 11.3 Å². The number of guanidine groups is 1. The quantitative estimate of drug-likeness (QED) is 0.409. The number of thiophene rings is 1. The van der Waals surface area contributed by atoms with E-state index in [-0.39, 0.29) is 11.7 Å². The molecule has 0 atom stereocenters. The molecule has 128 valence electrons. The minimum Gasteiger partial charge on any atom is -0.356 e. The average Bonchev–Trinajstić information content (AvgIpc) is 3.13. The molecule has 0 aliphatic carbocycles. The Bertz CT molecular complexity index is 673. The molecular weight excluding hydrogens is 327 g/mol. The summed E-state index contributed by atoms with van der Waals surface area (Å²) in [6.45, 7) is 1.59. The van der Waals surface area contributed by atoms with Crippen LogP contribution in [0, 0.1) is 5.82 Å². The number of carbonyl (C=O) groups is 1. The first-order chi connectivity index (χ1) is 11.7. The Morgan fingerprint density at radius 3 is 2.62 bits per heavy atom. The standard InChI is InChI=1S/C17H21FN4OS/c1-19-17(22-12-13-6-2-3-7-14(13)18)21-10-5-9-20-16(23)15-8-4-11-24-15/h2-4,6-8,11H,5,9-10,12H2,1H3,(H,20,23)(H2,19,21,22). The molecule has 1 heterocycles. The molecule has 0 saturated heterocycles. The van der Waals surface area contributed by atoms with Gasteiger partial charge in [-0.2, -0.15) is 0 Å². The zero-order valence-electron chi connectivity index (χ0n) is 13.5. The number of nitrogens with one attached hydrogen (secondary N) is 3. The fourth-order valence-electron chi connectivity index (χ4n) is 2.03. The van der Waals surface area contributed by atoms with Gasteiger partial charge in [-0.1, -0.05) is 24.3 Å². The van der Waals surface area contributed by atoms with Crippen molar-refractivity contribution in [2.24, 2.45) is 4.99 Å². The van der Waals surface area contributed by atoms with E-state index in [1.165, 1.54) is 17.4 Å². The predicted octanol–water partition coefficient (Wildman–Crippen LogP) is 2.37. The molecule has 24 heavy (non-hydrogen) atoms. The third-order valence-electron chi connectivity index (χ3n) is 3.30. The maximum atomic E-state index is 13.5. The summed E-state index contributed by atoms with van der Waals surface area (Å²) in [6.07, 6.45) is 0.761. The molecule has 0 fully saturated rings. The van der Waals surface area contributed by atoms with Crippen LogP contribution in [-0.4, -0.2) is 32.0 Å². The third kappa shape index (κ3) is 5.66. The van der Waals surface area contributed by atoms with Crippen molar-refractivity contribution in [3.63, 3.8) is 0 Å². The van der Waals surface area contributed by atoms with Crippen LogP contribution in [0.1, 0.15) is 21.7 Å². The minimum absolute atomic E-state index is 0.0490. The van der Waals surface area contributed by atoms with Gasteiger partial charge in [0.15, 0.2) is 5.96 Å². The van der Waals surface area contributed by atoms with Gasteiger partial charge in [0.25, 0.3) is 5.91 Å². The lowest BCUT2D eigenvalue weighted by Crippen LogP contribution is -2.38. The van der Waals surface area contributed by atoms with E-state index in [1.54, 1.807) is 31.3 Å². The maximum absolute atomic E-state index is 13.5. The van der Waals surface area contributed by atoms with E-state index in [1.807, 2.05) is 11.4 Å². The highest BCUT2D eigenvalue weighted by atomic mass is 32.1. The molecule has 0 bridgehead atoms. The van der Waals surface area contributed by atoms with Crippen molar-refractivity contribution in [3.8, 4) is 0 Å². The number of amides is 1. The highest BCUT2D eigenvalue weighted by Gasteiger charge is 2.05. The van der Waals surface area contributed by atoms with Crippen LogP contribution in [0.3, 0.4) is 0 Å². The van der Waals surface area contributed by atoms with E-state index < -0.39 is 0 Å². The molecule has 1 aromatic carbocycles. The van der Waals surface area contributed by atoms with Crippen molar-refractivity contribution in [2.45, 2.75) is 13.0 Å². The molecule has 7 heteroatoms. The normalized spacial score (nSPS) is 11.2. The van der Waals surface area contributed by atoms with Crippen molar-refractivity contribution >= 4 is 23.2 Å². The second kappa shape index (κ2) is 9.67. The first-order valence-electron chi connectivity index (χ1n) is 7.70. The summed E-state index contributed by atoms with van der Waals surface area (Å²) in [5, 5.41) is 10.9. The smallest absolute Gasteiger partial charge is 0.261 e. The number of aliphatic imine (C=N–C) groups is 1. The van der Waals surface area contributed by atoms with E-state index in [0.717, 1.165) is 6.42 Å². The Morgan fingerprint density at radius 1 is 1.12 bits per heavy atom. The van der Waals surface area contributed by atoms with Crippen molar-refractivity contribution in [1.82, 2.24) is 16.0 Å². The molecule has 0 radical (unpaired) electrons. The van der Waals surface area contributed by atoms with Crippen LogP contribution in [0.15, 0.2) is 46.8 Å². The first-order valence-corrected chi connectivity index (χ1v) is 8.58. The zero-order valence-corrected chi connectivity index (χ0v) is 14.3. The van der Waals surface area contributed by atoms with Gasteiger partial charge in [0.2, 0.25) is 0 Å². The summed E-state index contributed by atoms with van der Waals surface area (Å²) >= 11 is 1.42. The second-order valence-corrected chi connectivity index (χ2v) is 5.98. The number of rotatable bonds is 7. The van der Waals surface area contributed by atoms with Gasteiger partial charge in [-0.3, -0.25) is 9.79 Å². The summed E-state index contributed by atoms with van der Waals surface area (Å²) in [7, 11) is 1.66. The van der Waals surface area contributed by atoms with Gasteiger partial charge < -0.3 is 16.0 Å². The van der Waals surface area contributed by atoms with Gasteiger partial charge in [-0.25, -0.2) is 4.39 Å². The number of hydrogen-bond donors (Lipinski definition) is 3. The Balaban J connectivity index is 1.63. The lowest BCUT2D eigenvalue weighted by Gasteiger charge is -2.12. The molecule has 5 nitrogen and oxygen atoms in total. The zero-order chi connectivity index (χ0) is 17.2. The van der Waals surface area contributed by atoms with Crippen LogP contribution in [-0.2, 0) is 6.54 Å². The Labute approximate surface area is 145 Å². The number of halogens is 1. The number of carbonyl (C=O) groups excluding carboxylic acids is 1. The second-order valence-electron chi connectivity index (χ2n) is 5.03. The molecule has 2 rings (SSSR count). The van der Waals surface area contributed by atoms with Crippen LogP contribution in [0.5, 0.6) is 0 Å². The topological polar surface area (TPSA) is 65.5 Å². The Hall–Kier alpha value is -2.41. The van der Waals surface area contributed by atoms with E-state index >= 15 is 0 Å². The van der Waals surface area contributed by atoms with Gasteiger partial charge in [0.05, 0.1) is 4.88 Å². The lowest BCUT2D eigenvalue weighted by atomic mass is 10.2. The molecule has 3 N–H and O–H groups in total. The number of hydrogen-bond acceptors (Lipinski definition) is 3. The van der Waals surface area contributed by atoms with Gasteiger partial charge in [0, 0.05) is 32.2 Å². The van der Waals surface area contributed by atoms with Gasteiger partial charge in [-0.15, -0.1) is 11.3 Å². The molecule has 0 saturated carbocycles. The highest BCUT2D eigenvalue weighted by Crippen LogP contribution is 2.07. The number of nitrogens with zero attached hydrogens (tertiary/aromatic N) is 1. The molecule has 0 aliphatic heterocycles. The van der Waals surface area contributed by atoms with Crippen LogP contribution in [0.4, 0.5) is 4.39 Å². The molecule has 1 aromatic heterocycles. The average molecular weight is 348 g/mol. The molecule has 1 amide bonds. The van der Waals surface area contributed by atoms with Crippen LogP contribution < -0.4 is 16.0 Å². The Kier molecular flexibility index (Phi) is 7.22. The van der Waals surface area contributed by atoms with Crippen molar-refractivity contribution < 1.29 is 9.18 Å². The molecule has 0 aliphatic rings. The molecule has 0 spiro atoms. The molecule has 0 unspecified atom stereocenters. The third-order valence-corrected chi connectivity index (χ3v) is 4.17. The molecule has 2 aromatic rings. The summed E-state index contributed by atoms with van der Waals surface area (Å²) < 4.78 is 13.5. The first kappa shape index (κ1) is 17.9. The highest BCUT2D eigenvalue weighted by molar-refractivity contribution is 7.12. The van der Waals surface area contributed by atoms with E-state index in [2.05, 4.69) is 20.9 Å². The molecular formula is C17H21FN4OS. The van der Waals surface area contributed by atoms with Gasteiger partial charge >= 0.3 is 0 Å². The van der Waals surface area contributed by atoms with E-state index in [0.29, 0.717) is 36.0 Å². The van der Waals surface area contributed by atoms with E-state index in [4.69, 9.17) is 0 Å². The Morgan fingerprint density at radius 2 is 1.92 bits per heavy atom. The lowest BCUT2D eigenvalue weighted by molar-refractivity contribution is 0.0957. The summed E-state index contributed by atoms with van der Waals surface area (Å²) in [5.41, 5.74) is 0.587. The summed E-state index contributed by atoms with van der Waals surface area (Å²) in [4.78, 5) is 16.6. The number of benzene rings is 1. The van der Waals surface area contributed by atoms with E-state index in [9.17, 15) is 9.18 Å². The van der Waals surface area contributed by atoms with Gasteiger partial charge in [0.1, 0.15) is 5.82 Å². The fourth-order valence-corrected chi connectivity index (χ4v) is 2.67. The SMILES string of the molecule is CN=C(NCCCNC(=O)c1cccs1)NCc1ccccc1F. The minimum atomic E-state index is -0.239. The van der Waals surface area contributed by atoms with Gasteiger partial charge in [-0.05, 0) is 23.9 Å².